The maximum atomic E-state index is 13.9. The number of carbonyl (C=O) groups is 5. The van der Waals surface area contributed by atoms with Gasteiger partial charge in [-0.25, -0.2) is 13.5 Å². The van der Waals surface area contributed by atoms with Gasteiger partial charge in [0.05, 0.1) is 107 Å². The molecule has 0 fully saturated rings. The zero-order valence-corrected chi connectivity index (χ0v) is 63.6. The highest BCUT2D eigenvalue weighted by Gasteiger charge is 2.35. The van der Waals surface area contributed by atoms with Crippen molar-refractivity contribution in [3.05, 3.63) is 292 Å². The van der Waals surface area contributed by atoms with E-state index < -0.39 is 4.92 Å². The molecule has 31 heteroatoms. The molecule has 3 aliphatic heterocycles. The van der Waals surface area contributed by atoms with E-state index in [2.05, 4.69) is 15.3 Å². The summed E-state index contributed by atoms with van der Waals surface area (Å²) < 4.78 is 9.29. The lowest BCUT2D eigenvalue weighted by molar-refractivity contribution is -0.383. The molecule has 24 nitrogen and oxygen atoms in total. The Labute approximate surface area is 651 Å². The molecule has 0 saturated heterocycles. The zero-order valence-electron chi connectivity index (χ0n) is 58.3. The number of nitrogens with zero attached hydrogens (tertiary/aromatic N) is 13. The topological polar surface area (TPSA) is 282 Å². The van der Waals surface area contributed by atoms with Crippen LogP contribution in [0, 0.1) is 22.0 Å². The summed E-state index contributed by atoms with van der Waals surface area (Å²) >= 11 is 41.3. The molecule has 9 heterocycles. The summed E-state index contributed by atoms with van der Waals surface area (Å²) in [6.07, 6.45) is 6.48. The molecule has 3 amide bonds. The second kappa shape index (κ2) is 33.0. The SMILES string of the molecule is CC(C)CC(=O)Cc1cnn2c3c(c(=O)n(-c4ccccc4)c12)CCN(C(=O)c1ccc(Cl)c(Cl)c1)C3.CC(C)CC(=O)Cl.Nc1cnn2c3c(c(=O)n(-c4ccccc4)c12)CCN(C(=O)c1ccc(Cl)c(Cl)c1)C3.O=C(c1ccc(Cl)c(Cl)c1)N1CCc2c(n3ncc([N+](=O)[O-])c3n(-c3ccccc3)c2=O)C1. The van der Waals surface area contributed by atoms with E-state index in [4.69, 9.17) is 86.9 Å². The standard InChI is InChI=1S/C28H26Cl2N4O3.C22H15Cl2N5O4.C22H17Cl2N5O2.C5H9ClO/c1-17(2)12-21(35)13-19-15-31-34-25-16-32(27(36)18-8-9-23(29)24(30)14-18)11-10-22(25)28(37)33(26(19)34)20-6-4-3-5-7-20;23-16-7-6-13(10-17(16)24)21(30)26-9-8-15-19(12-26)28-20(18(11-25-28)29(32)33)27(22(15)31)14-4-2-1-3-5-14;23-16-7-6-13(10-17(16)24)21(30)27-9-8-15-19(12-27)29-20(18(25)11-26-29)28(22(15)31)14-4-2-1-3-5-14;1-4(2)3-5(6)7/h3-9,14-15,17H,10-13,16H2,1-2H3;1-7,10-11H,8-9,12H2;1-7,10-11H,8-9,12,25H2;4H,3H2,1-2H3. The third-order valence-electron chi connectivity index (χ3n) is 18.3. The number of anilines is 1. The number of fused-ring (bicyclic) bond motifs is 9. The highest BCUT2D eigenvalue weighted by Crippen LogP contribution is 2.33. The minimum Gasteiger partial charge on any atom is -0.394 e. The van der Waals surface area contributed by atoms with E-state index in [1.807, 2.05) is 88.4 Å². The second-order valence-electron chi connectivity index (χ2n) is 26.6. The van der Waals surface area contributed by atoms with Gasteiger partial charge in [0.25, 0.3) is 34.4 Å². The van der Waals surface area contributed by atoms with Crippen LogP contribution in [0.4, 0.5) is 11.4 Å². The summed E-state index contributed by atoms with van der Waals surface area (Å²) in [6, 6.07) is 41.6. The van der Waals surface area contributed by atoms with E-state index in [1.165, 1.54) is 21.3 Å². The number of halogens is 7. The van der Waals surface area contributed by atoms with Crippen LogP contribution < -0.4 is 22.4 Å². The van der Waals surface area contributed by atoms with Gasteiger partial charge in [-0.05, 0) is 134 Å². The first-order chi connectivity index (χ1) is 51.7. The number of hydrogen-bond donors (Lipinski definition) is 1. The number of carbonyl (C=O) groups excluding carboxylic acids is 5. The van der Waals surface area contributed by atoms with E-state index in [9.17, 15) is 48.5 Å². The maximum Gasteiger partial charge on any atom is 0.332 e. The predicted octanol–water partition coefficient (Wildman–Crippen LogP) is 14.4. The molecular weight excluding hydrogens is 1530 g/mol. The molecule has 0 saturated carbocycles. The van der Waals surface area contributed by atoms with Crippen molar-refractivity contribution in [2.75, 3.05) is 25.4 Å². The van der Waals surface area contributed by atoms with Crippen molar-refractivity contribution in [2.24, 2.45) is 11.8 Å². The number of para-hydroxylation sites is 3. The Kier molecular flexibility index (Phi) is 23.6. The largest absolute Gasteiger partial charge is 0.394 e. The first kappa shape index (κ1) is 77.2. The van der Waals surface area contributed by atoms with Crippen LogP contribution in [0.25, 0.3) is 34.0 Å². The van der Waals surface area contributed by atoms with Crippen LogP contribution in [-0.4, -0.2) is 111 Å². The van der Waals surface area contributed by atoms with Crippen LogP contribution in [0.1, 0.15) is 111 Å². The lowest BCUT2D eigenvalue weighted by Crippen LogP contribution is -2.41. The number of Topliss-reactive ketones (excluding diaryl/α,β-unsaturated/α-hetero) is 1. The summed E-state index contributed by atoms with van der Waals surface area (Å²) in [5.74, 6) is 0.0329. The summed E-state index contributed by atoms with van der Waals surface area (Å²) in [6.45, 7) is 9.50. The van der Waals surface area contributed by atoms with Crippen LogP contribution in [0.3, 0.4) is 0 Å². The van der Waals surface area contributed by atoms with Crippen molar-refractivity contribution < 1.29 is 28.9 Å². The number of ketones is 1. The Hall–Kier alpha value is -10.4. The molecule has 0 spiro atoms. The first-order valence-electron chi connectivity index (χ1n) is 34.1. The Morgan fingerprint density at radius 1 is 0.463 bits per heavy atom. The molecule has 0 radical (unpaired) electrons. The van der Waals surface area contributed by atoms with Gasteiger partial charge in [0.2, 0.25) is 10.9 Å². The van der Waals surface area contributed by atoms with Crippen molar-refractivity contribution in [2.45, 2.75) is 85.9 Å². The number of amides is 3. The molecule has 6 aromatic carbocycles. The van der Waals surface area contributed by atoms with E-state index in [0.29, 0.717) is 166 Å². The van der Waals surface area contributed by atoms with Crippen molar-refractivity contribution in [3.63, 3.8) is 0 Å². The third kappa shape index (κ3) is 16.1. The number of hydrogen-bond acceptors (Lipinski definition) is 14. The number of nitrogens with two attached hydrogens (primary N) is 1. The van der Waals surface area contributed by atoms with Gasteiger partial charge in [-0.3, -0.25) is 62.2 Å². The molecule has 6 aromatic heterocycles. The van der Waals surface area contributed by atoms with Gasteiger partial charge in [-0.15, -0.1) is 0 Å². The van der Waals surface area contributed by atoms with Crippen molar-refractivity contribution in [3.8, 4) is 17.1 Å². The van der Waals surface area contributed by atoms with Gasteiger partial charge in [0.15, 0.2) is 5.65 Å². The molecule has 0 aliphatic carbocycles. The molecule has 0 atom stereocenters. The number of rotatable bonds is 13. The average molecular weight is 1600 g/mol. The fourth-order valence-electron chi connectivity index (χ4n) is 13.3. The highest BCUT2D eigenvalue weighted by molar-refractivity contribution is 6.63. The van der Waals surface area contributed by atoms with Gasteiger partial charge < -0.3 is 20.4 Å². The van der Waals surface area contributed by atoms with Crippen molar-refractivity contribution >= 4 is 138 Å². The fourth-order valence-corrected chi connectivity index (χ4v) is 14.5. The summed E-state index contributed by atoms with van der Waals surface area (Å²) in [7, 11) is 0. The molecule has 0 unspecified atom stereocenters. The summed E-state index contributed by atoms with van der Waals surface area (Å²) in [4.78, 5) is 119. The van der Waals surface area contributed by atoms with Crippen LogP contribution in [0.15, 0.2) is 179 Å². The van der Waals surface area contributed by atoms with Crippen LogP contribution >= 0.6 is 81.2 Å². The number of nitro groups is 1. The monoisotopic (exact) mass is 1590 g/mol. The van der Waals surface area contributed by atoms with Gasteiger partial charge in [0, 0.05) is 77.8 Å². The quantitative estimate of drug-likeness (QED) is 0.0638. The second-order valence-corrected chi connectivity index (χ2v) is 29.4. The molecule has 108 heavy (non-hydrogen) atoms. The lowest BCUT2D eigenvalue weighted by atomic mass is 10.0. The summed E-state index contributed by atoms with van der Waals surface area (Å²) in [5, 5.41) is 26.7. The van der Waals surface area contributed by atoms with Crippen LogP contribution in [0.2, 0.25) is 30.1 Å². The van der Waals surface area contributed by atoms with Crippen molar-refractivity contribution in [1.29, 1.82) is 0 Å². The molecule has 2 N–H and O–H groups in total. The van der Waals surface area contributed by atoms with Gasteiger partial charge in [-0.1, -0.05) is 152 Å². The molecule has 3 aliphatic rings. The van der Waals surface area contributed by atoms with E-state index in [1.54, 1.807) is 118 Å². The zero-order chi connectivity index (χ0) is 77.1. The molecular formula is C77H67Cl7N14O10. The van der Waals surface area contributed by atoms with Crippen LogP contribution in [0.5, 0.6) is 0 Å². The predicted molar refractivity (Wildman–Crippen MR) is 417 cm³/mol. The van der Waals surface area contributed by atoms with Crippen LogP contribution in [-0.2, 0) is 54.9 Å². The minimum absolute atomic E-state index is 0.0405. The number of nitrogen functional groups attached to an aromatic ring is 1. The number of aromatic nitrogens is 9. The minimum atomic E-state index is -0.574. The van der Waals surface area contributed by atoms with E-state index in [0.717, 1.165) is 6.20 Å². The fraction of sp³-hybridized carbons (Fsp3) is 0.234. The molecule has 554 valence electrons. The van der Waals surface area contributed by atoms with Crippen molar-refractivity contribution in [1.82, 2.24) is 57.2 Å². The molecule has 15 rings (SSSR count). The summed E-state index contributed by atoms with van der Waals surface area (Å²) in [5.41, 5.74) is 13.9. The Morgan fingerprint density at radius 3 is 1.16 bits per heavy atom. The highest BCUT2D eigenvalue weighted by atomic mass is 35.5. The van der Waals surface area contributed by atoms with Gasteiger partial charge in [0.1, 0.15) is 17.6 Å². The van der Waals surface area contributed by atoms with Gasteiger partial charge >= 0.3 is 5.69 Å². The number of benzene rings is 6. The Bertz CT molecular complexity index is 5740. The van der Waals surface area contributed by atoms with Gasteiger partial charge in [-0.2, -0.15) is 15.3 Å². The lowest BCUT2D eigenvalue weighted by Gasteiger charge is -2.29. The Morgan fingerprint density at radius 2 is 0.806 bits per heavy atom. The first-order valence-corrected chi connectivity index (χ1v) is 36.7. The van der Waals surface area contributed by atoms with E-state index >= 15 is 0 Å². The normalized spacial score (nSPS) is 13.1. The molecule has 0 bridgehead atoms. The van der Waals surface area contributed by atoms with E-state index in [-0.39, 0.29) is 100 Å². The maximum absolute atomic E-state index is 13.9. The molecule has 12 aromatic rings. The average Bonchev–Trinajstić information content (AvgIpc) is 1.55. The Balaban J connectivity index is 0.000000145. The smallest absolute Gasteiger partial charge is 0.332 e. The third-order valence-corrected chi connectivity index (χ3v) is 20.6.